The molecule has 0 saturated carbocycles. The van der Waals surface area contributed by atoms with Crippen LogP contribution in [0.4, 0.5) is 0 Å². The highest BCUT2D eigenvalue weighted by molar-refractivity contribution is 5.84. The topological polar surface area (TPSA) is 82.2 Å². The summed E-state index contributed by atoms with van der Waals surface area (Å²) < 4.78 is 7.77. The fourth-order valence-corrected chi connectivity index (χ4v) is 3.99. The second kappa shape index (κ2) is 9.41. The molecule has 1 amide bonds. The maximum atomic E-state index is 11.4. The van der Waals surface area contributed by atoms with Crippen molar-refractivity contribution in [1.82, 2.24) is 14.9 Å². The van der Waals surface area contributed by atoms with Gasteiger partial charge in [-0.2, -0.15) is 0 Å². The quantitative estimate of drug-likeness (QED) is 0.530. The van der Waals surface area contributed by atoms with Crippen molar-refractivity contribution < 1.29 is 9.53 Å². The Morgan fingerprint density at radius 3 is 2.53 bits per heavy atom. The lowest BCUT2D eigenvalue weighted by Crippen LogP contribution is -2.38. The molecule has 3 rings (SSSR count). The predicted molar refractivity (Wildman–Crippen MR) is 121 cm³/mol. The number of fused-ring (bicyclic) bond motifs is 1. The van der Waals surface area contributed by atoms with E-state index in [1.807, 2.05) is 6.92 Å². The SMILES string of the molecule is CCOCCn1c(CN[C@@H](C)C(N)=O)nc2ccc(-c3c(C)cc(C)cc3C)cc21. The van der Waals surface area contributed by atoms with Gasteiger partial charge in [0, 0.05) is 13.2 Å². The second-order valence-electron chi connectivity index (χ2n) is 7.86. The molecule has 0 fully saturated rings. The zero-order valence-corrected chi connectivity index (χ0v) is 18.6. The van der Waals surface area contributed by atoms with Gasteiger partial charge in [-0.05, 0) is 69.0 Å². The molecule has 0 bridgehead atoms. The van der Waals surface area contributed by atoms with Crippen molar-refractivity contribution >= 4 is 16.9 Å². The lowest BCUT2D eigenvalue weighted by molar-refractivity contribution is -0.119. The number of aromatic nitrogens is 2. The van der Waals surface area contributed by atoms with E-state index < -0.39 is 6.04 Å². The summed E-state index contributed by atoms with van der Waals surface area (Å²) in [6.45, 7) is 12.6. The Balaban J connectivity index is 2.04. The molecule has 1 aromatic heterocycles. The molecule has 30 heavy (non-hydrogen) atoms. The van der Waals surface area contributed by atoms with E-state index in [0.29, 0.717) is 26.3 Å². The fraction of sp³-hybridized carbons (Fsp3) is 0.417. The van der Waals surface area contributed by atoms with E-state index in [9.17, 15) is 4.79 Å². The van der Waals surface area contributed by atoms with Crippen LogP contribution in [-0.2, 0) is 22.6 Å². The van der Waals surface area contributed by atoms with Crippen molar-refractivity contribution in [3.8, 4) is 11.1 Å². The van der Waals surface area contributed by atoms with Gasteiger partial charge < -0.3 is 15.0 Å². The number of imidazole rings is 1. The molecular weight excluding hydrogens is 376 g/mol. The van der Waals surface area contributed by atoms with Crippen LogP contribution in [0.25, 0.3) is 22.2 Å². The summed E-state index contributed by atoms with van der Waals surface area (Å²) in [5.74, 6) is 0.492. The highest BCUT2D eigenvalue weighted by Gasteiger charge is 2.15. The minimum absolute atomic E-state index is 0.375. The molecule has 0 saturated heterocycles. The van der Waals surface area contributed by atoms with Crippen LogP contribution in [0.2, 0.25) is 0 Å². The molecule has 3 N–H and O–H groups in total. The average Bonchev–Trinajstić information content (AvgIpc) is 3.02. The van der Waals surface area contributed by atoms with E-state index in [0.717, 1.165) is 16.9 Å². The van der Waals surface area contributed by atoms with Gasteiger partial charge >= 0.3 is 0 Å². The highest BCUT2D eigenvalue weighted by Crippen LogP contribution is 2.31. The number of ether oxygens (including phenoxy) is 1. The minimum Gasteiger partial charge on any atom is -0.380 e. The number of primary amides is 1. The van der Waals surface area contributed by atoms with Crippen LogP contribution < -0.4 is 11.1 Å². The minimum atomic E-state index is -0.418. The van der Waals surface area contributed by atoms with Gasteiger partial charge in [0.2, 0.25) is 5.91 Å². The first kappa shape index (κ1) is 22.0. The molecule has 160 valence electrons. The smallest absolute Gasteiger partial charge is 0.234 e. The summed E-state index contributed by atoms with van der Waals surface area (Å²) >= 11 is 0. The summed E-state index contributed by atoms with van der Waals surface area (Å²) in [4.78, 5) is 16.2. The Hall–Kier alpha value is -2.70. The molecule has 1 atom stereocenters. The molecule has 3 aromatic rings. The molecule has 6 nitrogen and oxygen atoms in total. The van der Waals surface area contributed by atoms with Gasteiger partial charge in [0.1, 0.15) is 5.82 Å². The summed E-state index contributed by atoms with van der Waals surface area (Å²) in [5, 5.41) is 3.16. The second-order valence-corrected chi connectivity index (χ2v) is 7.86. The van der Waals surface area contributed by atoms with Crippen LogP contribution >= 0.6 is 0 Å². The molecule has 6 heteroatoms. The maximum Gasteiger partial charge on any atom is 0.234 e. The number of aryl methyl sites for hydroxylation is 3. The van der Waals surface area contributed by atoms with Gasteiger partial charge in [-0.25, -0.2) is 4.98 Å². The first-order valence-electron chi connectivity index (χ1n) is 10.5. The Morgan fingerprint density at radius 2 is 1.90 bits per heavy atom. The Labute approximate surface area is 178 Å². The number of nitrogens with one attached hydrogen (secondary N) is 1. The van der Waals surface area contributed by atoms with Crippen molar-refractivity contribution in [3.05, 3.63) is 52.8 Å². The average molecular weight is 409 g/mol. The summed E-state index contributed by atoms with van der Waals surface area (Å²) in [5.41, 5.74) is 13.6. The van der Waals surface area contributed by atoms with E-state index in [2.05, 4.69) is 61.0 Å². The van der Waals surface area contributed by atoms with Crippen LogP contribution in [-0.4, -0.2) is 34.7 Å². The van der Waals surface area contributed by atoms with E-state index in [4.69, 9.17) is 15.5 Å². The number of amides is 1. The third kappa shape index (κ3) is 4.71. The summed E-state index contributed by atoms with van der Waals surface area (Å²) in [7, 11) is 0. The van der Waals surface area contributed by atoms with Crippen LogP contribution in [0.15, 0.2) is 30.3 Å². The number of hydrogen-bond donors (Lipinski definition) is 2. The number of nitrogens with zero attached hydrogens (tertiary/aromatic N) is 2. The molecule has 1 heterocycles. The monoisotopic (exact) mass is 408 g/mol. The molecule has 0 aliphatic rings. The first-order chi connectivity index (χ1) is 14.3. The van der Waals surface area contributed by atoms with Crippen molar-refractivity contribution in [2.24, 2.45) is 5.73 Å². The van der Waals surface area contributed by atoms with Gasteiger partial charge in [0.15, 0.2) is 0 Å². The van der Waals surface area contributed by atoms with E-state index >= 15 is 0 Å². The van der Waals surface area contributed by atoms with Crippen molar-refractivity contribution in [1.29, 1.82) is 0 Å². The van der Waals surface area contributed by atoms with E-state index in [1.165, 1.54) is 27.8 Å². The third-order valence-corrected chi connectivity index (χ3v) is 5.45. The summed E-state index contributed by atoms with van der Waals surface area (Å²) in [6, 6.07) is 10.4. The number of rotatable bonds is 9. The molecule has 2 aromatic carbocycles. The van der Waals surface area contributed by atoms with Gasteiger partial charge in [0.25, 0.3) is 0 Å². The lowest BCUT2D eigenvalue weighted by Gasteiger charge is -2.14. The number of carbonyl (C=O) groups excluding carboxylic acids is 1. The number of hydrogen-bond acceptors (Lipinski definition) is 4. The lowest BCUT2D eigenvalue weighted by atomic mass is 9.93. The highest BCUT2D eigenvalue weighted by atomic mass is 16.5. The van der Waals surface area contributed by atoms with Gasteiger partial charge in [-0.15, -0.1) is 0 Å². The molecule has 0 aliphatic heterocycles. The predicted octanol–water partition coefficient (Wildman–Crippen LogP) is 3.63. The Morgan fingerprint density at radius 1 is 1.20 bits per heavy atom. The van der Waals surface area contributed by atoms with Gasteiger partial charge in [-0.1, -0.05) is 23.8 Å². The zero-order valence-electron chi connectivity index (χ0n) is 18.6. The number of nitrogens with two attached hydrogens (primary N) is 1. The van der Waals surface area contributed by atoms with Crippen LogP contribution in [0, 0.1) is 20.8 Å². The van der Waals surface area contributed by atoms with Crippen LogP contribution in [0.5, 0.6) is 0 Å². The van der Waals surface area contributed by atoms with Crippen LogP contribution in [0.3, 0.4) is 0 Å². The van der Waals surface area contributed by atoms with Gasteiger partial charge in [-0.3, -0.25) is 10.1 Å². The summed E-state index contributed by atoms with van der Waals surface area (Å²) in [6.07, 6.45) is 0. The van der Waals surface area contributed by atoms with Crippen LogP contribution in [0.1, 0.15) is 36.4 Å². The fourth-order valence-electron chi connectivity index (χ4n) is 3.99. The Kier molecular flexibility index (Phi) is 6.90. The molecule has 0 aliphatic carbocycles. The maximum absolute atomic E-state index is 11.4. The molecule has 0 radical (unpaired) electrons. The van der Waals surface area contributed by atoms with Gasteiger partial charge in [0.05, 0.1) is 30.2 Å². The van der Waals surface area contributed by atoms with E-state index in [1.54, 1.807) is 6.92 Å². The van der Waals surface area contributed by atoms with Crippen molar-refractivity contribution in [3.63, 3.8) is 0 Å². The number of carbonyl (C=O) groups is 1. The standard InChI is InChI=1S/C24H32N4O2/c1-6-30-10-9-28-21-13-19(23-16(3)11-15(2)12-17(23)4)7-8-20(21)27-22(28)14-26-18(5)24(25)29/h7-8,11-13,18,26H,6,9-10,14H2,1-5H3,(H2,25,29)/t18-/m0/s1. The normalized spacial score (nSPS) is 12.4. The van der Waals surface area contributed by atoms with E-state index in [-0.39, 0.29) is 5.91 Å². The zero-order chi connectivity index (χ0) is 21.8. The first-order valence-corrected chi connectivity index (χ1v) is 10.5. The molecular formula is C24H32N4O2. The molecule has 0 spiro atoms. The largest absolute Gasteiger partial charge is 0.380 e. The van der Waals surface area contributed by atoms with Crippen molar-refractivity contribution in [2.45, 2.75) is 53.8 Å². The van der Waals surface area contributed by atoms with Crippen molar-refractivity contribution in [2.75, 3.05) is 13.2 Å². The molecule has 0 unspecified atom stereocenters. The third-order valence-electron chi connectivity index (χ3n) is 5.45. The Bertz CT molecular complexity index is 1030. The number of benzene rings is 2.